The molecule has 0 spiro atoms. The summed E-state index contributed by atoms with van der Waals surface area (Å²) in [7, 11) is 0. The van der Waals surface area contributed by atoms with Crippen molar-refractivity contribution in [1.82, 2.24) is 5.32 Å². The van der Waals surface area contributed by atoms with E-state index in [-0.39, 0.29) is 11.8 Å². The standard InChI is InChI=1S/C16H23N3O2/c1-11-6-7-13(18-12(2)20)10-14(11)19-15(21)16(3)8-4-5-9-17-16/h6-7,10,17H,4-5,8-9H2,1-3H3,(H,18,20)(H,19,21). The SMILES string of the molecule is CC(=O)Nc1ccc(C)c(NC(=O)C2(C)CCCCN2)c1. The van der Waals surface area contributed by atoms with Crippen LogP contribution in [-0.2, 0) is 9.59 Å². The number of carbonyl (C=O) groups excluding carboxylic acids is 2. The highest BCUT2D eigenvalue weighted by Crippen LogP contribution is 2.24. The topological polar surface area (TPSA) is 70.2 Å². The van der Waals surface area contributed by atoms with E-state index in [1.165, 1.54) is 6.92 Å². The number of piperidine rings is 1. The summed E-state index contributed by atoms with van der Waals surface area (Å²) in [6.07, 6.45) is 3.00. The van der Waals surface area contributed by atoms with Crippen LogP contribution in [0.3, 0.4) is 0 Å². The van der Waals surface area contributed by atoms with Crippen molar-refractivity contribution in [3.8, 4) is 0 Å². The van der Waals surface area contributed by atoms with Crippen LogP contribution in [-0.4, -0.2) is 23.9 Å². The summed E-state index contributed by atoms with van der Waals surface area (Å²) >= 11 is 0. The highest BCUT2D eigenvalue weighted by molar-refractivity contribution is 5.99. The zero-order valence-electron chi connectivity index (χ0n) is 12.9. The highest BCUT2D eigenvalue weighted by atomic mass is 16.2. The van der Waals surface area contributed by atoms with E-state index in [0.29, 0.717) is 5.69 Å². The van der Waals surface area contributed by atoms with Crippen LogP contribution in [0.2, 0.25) is 0 Å². The molecule has 1 aliphatic heterocycles. The summed E-state index contributed by atoms with van der Waals surface area (Å²) in [4.78, 5) is 23.6. The molecule has 2 rings (SSSR count). The van der Waals surface area contributed by atoms with Crippen molar-refractivity contribution in [2.45, 2.75) is 45.6 Å². The number of nitrogens with one attached hydrogen (secondary N) is 3. The normalized spacial score (nSPS) is 21.7. The number of amides is 2. The van der Waals surface area contributed by atoms with Gasteiger partial charge < -0.3 is 16.0 Å². The number of carbonyl (C=O) groups is 2. The zero-order chi connectivity index (χ0) is 15.5. The number of benzene rings is 1. The Morgan fingerprint density at radius 1 is 1.24 bits per heavy atom. The summed E-state index contributed by atoms with van der Waals surface area (Å²) in [5, 5.41) is 9.01. The minimum atomic E-state index is -0.519. The summed E-state index contributed by atoms with van der Waals surface area (Å²) < 4.78 is 0. The maximum Gasteiger partial charge on any atom is 0.244 e. The lowest BCUT2D eigenvalue weighted by molar-refractivity contribution is -0.122. The molecule has 0 aromatic heterocycles. The van der Waals surface area contributed by atoms with Gasteiger partial charge in [-0.25, -0.2) is 0 Å². The fraction of sp³-hybridized carbons (Fsp3) is 0.500. The van der Waals surface area contributed by atoms with Gasteiger partial charge in [-0.1, -0.05) is 6.07 Å². The minimum absolute atomic E-state index is 0.0229. The van der Waals surface area contributed by atoms with Crippen molar-refractivity contribution in [2.75, 3.05) is 17.2 Å². The van der Waals surface area contributed by atoms with Crippen molar-refractivity contribution in [3.05, 3.63) is 23.8 Å². The maximum atomic E-state index is 12.5. The number of hydrogen-bond acceptors (Lipinski definition) is 3. The molecule has 1 atom stereocenters. The molecule has 5 heteroatoms. The average molecular weight is 289 g/mol. The van der Waals surface area contributed by atoms with Crippen molar-refractivity contribution in [3.63, 3.8) is 0 Å². The first kappa shape index (κ1) is 15.5. The Morgan fingerprint density at radius 2 is 2.00 bits per heavy atom. The third-order valence-corrected chi connectivity index (χ3v) is 3.93. The van der Waals surface area contributed by atoms with Crippen molar-refractivity contribution >= 4 is 23.2 Å². The van der Waals surface area contributed by atoms with Gasteiger partial charge >= 0.3 is 0 Å². The van der Waals surface area contributed by atoms with Crippen molar-refractivity contribution in [1.29, 1.82) is 0 Å². The van der Waals surface area contributed by atoms with Crippen LogP contribution < -0.4 is 16.0 Å². The van der Waals surface area contributed by atoms with Crippen LogP contribution in [0.15, 0.2) is 18.2 Å². The predicted octanol–water partition coefficient (Wildman–Crippen LogP) is 2.42. The highest BCUT2D eigenvalue weighted by Gasteiger charge is 2.34. The Labute approximate surface area is 125 Å². The van der Waals surface area contributed by atoms with Crippen LogP contribution in [0.25, 0.3) is 0 Å². The molecular formula is C16H23N3O2. The Bertz CT molecular complexity index is 548. The third kappa shape index (κ3) is 3.82. The second-order valence-corrected chi connectivity index (χ2v) is 5.88. The number of hydrogen-bond donors (Lipinski definition) is 3. The Kier molecular flexibility index (Phi) is 4.63. The van der Waals surface area contributed by atoms with Crippen LogP contribution in [0, 0.1) is 6.92 Å². The fourth-order valence-electron chi connectivity index (χ4n) is 2.55. The zero-order valence-corrected chi connectivity index (χ0v) is 12.9. The molecule has 1 fully saturated rings. The summed E-state index contributed by atoms with van der Waals surface area (Å²) in [6, 6.07) is 5.51. The van der Waals surface area contributed by atoms with Gasteiger partial charge in [0.15, 0.2) is 0 Å². The van der Waals surface area contributed by atoms with Crippen molar-refractivity contribution in [2.24, 2.45) is 0 Å². The van der Waals surface area contributed by atoms with Gasteiger partial charge in [0.1, 0.15) is 0 Å². The molecule has 0 bridgehead atoms. The molecule has 1 saturated heterocycles. The van der Waals surface area contributed by atoms with E-state index in [4.69, 9.17) is 0 Å². The van der Waals surface area contributed by atoms with Crippen LogP contribution in [0.4, 0.5) is 11.4 Å². The molecule has 1 aromatic rings. The fourth-order valence-corrected chi connectivity index (χ4v) is 2.55. The van der Waals surface area contributed by atoms with Crippen molar-refractivity contribution < 1.29 is 9.59 Å². The van der Waals surface area contributed by atoms with Gasteiger partial charge in [-0.05, 0) is 57.4 Å². The quantitative estimate of drug-likeness (QED) is 0.800. The smallest absolute Gasteiger partial charge is 0.244 e. The maximum absolute atomic E-state index is 12.5. The van der Waals surface area contributed by atoms with Gasteiger partial charge in [-0.15, -0.1) is 0 Å². The summed E-state index contributed by atoms with van der Waals surface area (Å²) in [6.45, 7) is 6.21. The van der Waals surface area contributed by atoms with E-state index in [1.807, 2.05) is 26.0 Å². The molecule has 1 unspecified atom stereocenters. The second kappa shape index (κ2) is 6.26. The van der Waals surface area contributed by atoms with Gasteiger partial charge in [0.05, 0.1) is 5.54 Å². The molecule has 1 heterocycles. The van der Waals surface area contributed by atoms with Crippen LogP contribution in [0.5, 0.6) is 0 Å². The minimum Gasteiger partial charge on any atom is -0.326 e. The van der Waals surface area contributed by atoms with Gasteiger partial charge in [0.25, 0.3) is 0 Å². The van der Waals surface area contributed by atoms with Gasteiger partial charge in [0.2, 0.25) is 11.8 Å². The first-order chi connectivity index (χ1) is 9.90. The Balaban J connectivity index is 2.14. The second-order valence-electron chi connectivity index (χ2n) is 5.88. The molecule has 21 heavy (non-hydrogen) atoms. The van der Waals surface area contributed by atoms with E-state index in [2.05, 4.69) is 16.0 Å². The number of aryl methyl sites for hydroxylation is 1. The Hall–Kier alpha value is -1.88. The van der Waals surface area contributed by atoms with Crippen LogP contribution >= 0.6 is 0 Å². The lowest BCUT2D eigenvalue weighted by Gasteiger charge is -2.33. The third-order valence-electron chi connectivity index (χ3n) is 3.93. The largest absolute Gasteiger partial charge is 0.326 e. The summed E-state index contributed by atoms with van der Waals surface area (Å²) in [5.41, 5.74) is 1.87. The average Bonchev–Trinajstić information content (AvgIpc) is 2.42. The molecule has 1 aliphatic rings. The van der Waals surface area contributed by atoms with Crippen LogP contribution in [0.1, 0.15) is 38.7 Å². The first-order valence-corrected chi connectivity index (χ1v) is 7.35. The van der Waals surface area contributed by atoms with Gasteiger partial charge in [0, 0.05) is 18.3 Å². The molecule has 2 amide bonds. The lowest BCUT2D eigenvalue weighted by atomic mass is 9.90. The monoisotopic (exact) mass is 289 g/mol. The first-order valence-electron chi connectivity index (χ1n) is 7.35. The molecule has 1 aromatic carbocycles. The molecule has 0 saturated carbocycles. The van der Waals surface area contributed by atoms with Gasteiger partial charge in [-0.2, -0.15) is 0 Å². The van der Waals surface area contributed by atoms with E-state index in [0.717, 1.165) is 37.1 Å². The number of rotatable bonds is 3. The molecule has 0 aliphatic carbocycles. The molecular weight excluding hydrogens is 266 g/mol. The Morgan fingerprint density at radius 3 is 2.62 bits per heavy atom. The van der Waals surface area contributed by atoms with E-state index in [9.17, 15) is 9.59 Å². The number of anilines is 2. The molecule has 5 nitrogen and oxygen atoms in total. The van der Waals surface area contributed by atoms with E-state index in [1.54, 1.807) is 6.07 Å². The molecule has 3 N–H and O–H groups in total. The van der Waals surface area contributed by atoms with E-state index >= 15 is 0 Å². The molecule has 0 radical (unpaired) electrons. The predicted molar refractivity (Wildman–Crippen MR) is 84.4 cm³/mol. The van der Waals surface area contributed by atoms with E-state index < -0.39 is 5.54 Å². The lowest BCUT2D eigenvalue weighted by Crippen LogP contribution is -2.54. The molecule has 114 valence electrons. The summed E-state index contributed by atoms with van der Waals surface area (Å²) in [5.74, 6) is -0.151. The van der Waals surface area contributed by atoms with Gasteiger partial charge in [-0.3, -0.25) is 9.59 Å².